The fourth-order valence-electron chi connectivity index (χ4n) is 5.89. The van der Waals surface area contributed by atoms with Gasteiger partial charge in [0.15, 0.2) is 0 Å². The van der Waals surface area contributed by atoms with Crippen molar-refractivity contribution in [3.05, 3.63) is 0 Å². The van der Waals surface area contributed by atoms with Crippen LogP contribution >= 0.6 is 0 Å². The molecule has 0 aromatic rings. The topological polar surface area (TPSA) is 23.8 Å². The molecule has 0 aliphatic heterocycles. The molecule has 1 unspecified atom stereocenters. The van der Waals surface area contributed by atoms with Crippen molar-refractivity contribution in [3.8, 4) is 6.07 Å². The van der Waals surface area contributed by atoms with E-state index in [0.29, 0.717) is 11.8 Å². The van der Waals surface area contributed by atoms with Crippen molar-refractivity contribution in [2.75, 3.05) is 0 Å². The highest BCUT2D eigenvalue weighted by molar-refractivity contribution is 4.92. The van der Waals surface area contributed by atoms with Gasteiger partial charge < -0.3 is 0 Å². The molecule has 1 heteroatoms. The molecule has 0 amide bonds. The van der Waals surface area contributed by atoms with Gasteiger partial charge in [-0.15, -0.1) is 0 Å². The fraction of sp³-hybridized carbons (Fsp3) is 0.962. The Morgan fingerprint density at radius 1 is 0.667 bits per heavy atom. The second kappa shape index (κ2) is 13.6. The van der Waals surface area contributed by atoms with Crippen molar-refractivity contribution in [3.63, 3.8) is 0 Å². The van der Waals surface area contributed by atoms with Gasteiger partial charge in [-0.3, -0.25) is 0 Å². The smallest absolute Gasteiger partial charge is 0.0658 e. The van der Waals surface area contributed by atoms with Gasteiger partial charge in [0.2, 0.25) is 0 Å². The summed E-state index contributed by atoms with van der Waals surface area (Å²) in [7, 11) is 0. The normalized spacial score (nSPS) is 30.0. The molecule has 2 aliphatic rings. The predicted molar refractivity (Wildman–Crippen MR) is 118 cm³/mol. The van der Waals surface area contributed by atoms with Gasteiger partial charge in [0.1, 0.15) is 0 Å². The van der Waals surface area contributed by atoms with Crippen LogP contribution in [-0.4, -0.2) is 0 Å². The van der Waals surface area contributed by atoms with Gasteiger partial charge in [0, 0.05) is 5.92 Å². The number of rotatable bonds is 12. The van der Waals surface area contributed by atoms with E-state index in [9.17, 15) is 5.26 Å². The number of hydrogen-bond acceptors (Lipinski definition) is 1. The second-order valence-corrected chi connectivity index (χ2v) is 9.98. The summed E-state index contributed by atoms with van der Waals surface area (Å²) in [5.74, 6) is 3.88. The van der Waals surface area contributed by atoms with Crippen molar-refractivity contribution in [2.45, 2.75) is 129 Å². The minimum absolute atomic E-state index is 0.354. The molecule has 0 aromatic heterocycles. The Balaban J connectivity index is 1.62. The number of hydrogen-bond donors (Lipinski definition) is 0. The summed E-state index contributed by atoms with van der Waals surface area (Å²) in [5, 5.41) is 9.82. The van der Waals surface area contributed by atoms with E-state index in [0.717, 1.165) is 17.8 Å². The van der Waals surface area contributed by atoms with E-state index in [1.165, 1.54) is 116 Å². The lowest BCUT2D eigenvalue weighted by Crippen LogP contribution is -2.24. The van der Waals surface area contributed by atoms with Crippen LogP contribution in [0.25, 0.3) is 0 Å². The van der Waals surface area contributed by atoms with E-state index in [4.69, 9.17) is 0 Å². The maximum atomic E-state index is 9.82. The Kier molecular flexibility index (Phi) is 11.5. The number of nitriles is 1. The Morgan fingerprint density at radius 2 is 1.15 bits per heavy atom. The molecule has 27 heavy (non-hydrogen) atoms. The molecule has 2 fully saturated rings. The van der Waals surface area contributed by atoms with E-state index in [1.54, 1.807) is 0 Å². The average Bonchev–Trinajstić information content (AvgIpc) is 2.71. The minimum Gasteiger partial charge on any atom is -0.198 e. The standard InChI is InChI=1S/C26H47N/c1-3-5-7-9-11-22-12-14-24(15-13-22)20-26(21-27)25-18-16-23(17-19-25)10-8-6-4-2/h22-26H,3-20H2,1-2H3. The van der Waals surface area contributed by atoms with Crippen LogP contribution < -0.4 is 0 Å². The lowest BCUT2D eigenvalue weighted by Gasteiger charge is -2.34. The molecule has 0 bridgehead atoms. The van der Waals surface area contributed by atoms with Crippen LogP contribution in [0.2, 0.25) is 0 Å². The molecule has 0 N–H and O–H groups in total. The van der Waals surface area contributed by atoms with E-state index in [2.05, 4.69) is 19.9 Å². The Labute approximate surface area is 170 Å². The van der Waals surface area contributed by atoms with Crippen molar-refractivity contribution < 1.29 is 0 Å². The molecule has 1 nitrogen and oxygen atoms in total. The van der Waals surface area contributed by atoms with Crippen molar-refractivity contribution in [1.29, 1.82) is 5.26 Å². The number of unbranched alkanes of at least 4 members (excludes halogenated alkanes) is 5. The molecule has 2 aliphatic carbocycles. The lowest BCUT2D eigenvalue weighted by atomic mass is 9.70. The first-order valence-corrected chi connectivity index (χ1v) is 12.7. The molecule has 0 radical (unpaired) electrons. The SMILES string of the molecule is CCCCCCC1CCC(CC(C#N)C2CCC(CCCCC)CC2)CC1. The zero-order valence-corrected chi connectivity index (χ0v) is 18.6. The van der Waals surface area contributed by atoms with Gasteiger partial charge >= 0.3 is 0 Å². The molecular weight excluding hydrogens is 326 g/mol. The highest BCUT2D eigenvalue weighted by atomic mass is 14.4. The third-order valence-corrected chi connectivity index (χ3v) is 7.86. The summed E-state index contributed by atoms with van der Waals surface area (Å²) in [5.41, 5.74) is 0. The second-order valence-electron chi connectivity index (χ2n) is 9.98. The van der Waals surface area contributed by atoms with Crippen molar-refractivity contribution >= 4 is 0 Å². The zero-order valence-electron chi connectivity index (χ0n) is 18.6. The lowest BCUT2D eigenvalue weighted by molar-refractivity contribution is 0.177. The molecule has 0 heterocycles. The summed E-state index contributed by atoms with van der Waals surface area (Å²) in [4.78, 5) is 0. The van der Waals surface area contributed by atoms with Crippen LogP contribution in [0.3, 0.4) is 0 Å². The van der Waals surface area contributed by atoms with Crippen LogP contribution in [0.1, 0.15) is 129 Å². The Morgan fingerprint density at radius 3 is 1.70 bits per heavy atom. The first-order valence-electron chi connectivity index (χ1n) is 12.7. The van der Waals surface area contributed by atoms with Crippen LogP contribution in [0.4, 0.5) is 0 Å². The molecule has 1 atom stereocenters. The maximum absolute atomic E-state index is 9.82. The van der Waals surface area contributed by atoms with Gasteiger partial charge in [0.05, 0.1) is 6.07 Å². The summed E-state index contributed by atoms with van der Waals surface area (Å²) in [6.07, 6.45) is 25.1. The Hall–Kier alpha value is -0.510. The maximum Gasteiger partial charge on any atom is 0.0658 e. The van der Waals surface area contributed by atoms with E-state index in [1.807, 2.05) is 0 Å². The van der Waals surface area contributed by atoms with Gasteiger partial charge in [-0.1, -0.05) is 110 Å². The minimum atomic E-state index is 0.354. The first kappa shape index (κ1) is 22.8. The Bertz CT molecular complexity index is 393. The predicted octanol–water partition coefficient (Wildman–Crippen LogP) is 8.68. The van der Waals surface area contributed by atoms with Crippen molar-refractivity contribution in [1.82, 2.24) is 0 Å². The molecule has 2 saturated carbocycles. The van der Waals surface area contributed by atoms with Gasteiger partial charge in [-0.2, -0.15) is 5.26 Å². The highest BCUT2D eigenvalue weighted by Crippen LogP contribution is 2.41. The largest absolute Gasteiger partial charge is 0.198 e. The molecule has 0 aromatic carbocycles. The third-order valence-electron chi connectivity index (χ3n) is 7.86. The van der Waals surface area contributed by atoms with Gasteiger partial charge in [-0.05, 0) is 42.9 Å². The number of nitrogens with zero attached hydrogens (tertiary/aromatic N) is 1. The molecule has 156 valence electrons. The highest BCUT2D eigenvalue weighted by Gasteiger charge is 2.30. The summed E-state index contributed by atoms with van der Waals surface area (Å²) in [6.45, 7) is 4.60. The van der Waals surface area contributed by atoms with Crippen LogP contribution in [0.15, 0.2) is 0 Å². The molecule has 2 rings (SSSR count). The molecule has 0 spiro atoms. The average molecular weight is 374 g/mol. The van der Waals surface area contributed by atoms with Gasteiger partial charge in [0.25, 0.3) is 0 Å². The van der Waals surface area contributed by atoms with E-state index < -0.39 is 0 Å². The third kappa shape index (κ3) is 8.58. The van der Waals surface area contributed by atoms with Gasteiger partial charge in [-0.25, -0.2) is 0 Å². The summed E-state index contributed by atoms with van der Waals surface area (Å²) in [6, 6.07) is 2.75. The van der Waals surface area contributed by atoms with Crippen LogP contribution in [-0.2, 0) is 0 Å². The van der Waals surface area contributed by atoms with E-state index in [-0.39, 0.29) is 0 Å². The van der Waals surface area contributed by atoms with Crippen LogP contribution in [0, 0.1) is 40.9 Å². The first-order chi connectivity index (χ1) is 13.3. The van der Waals surface area contributed by atoms with Crippen molar-refractivity contribution in [2.24, 2.45) is 29.6 Å². The fourth-order valence-corrected chi connectivity index (χ4v) is 5.89. The zero-order chi connectivity index (χ0) is 19.3. The molecule has 0 saturated heterocycles. The van der Waals surface area contributed by atoms with Crippen LogP contribution in [0.5, 0.6) is 0 Å². The summed E-state index contributed by atoms with van der Waals surface area (Å²) >= 11 is 0. The quantitative estimate of drug-likeness (QED) is 0.314. The van der Waals surface area contributed by atoms with E-state index >= 15 is 0 Å². The monoisotopic (exact) mass is 373 g/mol. The molecular formula is C26H47N. The summed E-state index contributed by atoms with van der Waals surface area (Å²) < 4.78 is 0.